The molecule has 0 unspecified atom stereocenters. The first kappa shape index (κ1) is 9.34. The van der Waals surface area contributed by atoms with E-state index in [0.29, 0.717) is 0 Å². The third-order valence-corrected chi connectivity index (χ3v) is 2.74. The lowest BCUT2D eigenvalue weighted by Gasteiger charge is -2.29. The number of hydrogen-bond donors (Lipinski definition) is 2. The van der Waals surface area contributed by atoms with Crippen LogP contribution in [0.2, 0.25) is 0 Å². The van der Waals surface area contributed by atoms with Crippen molar-refractivity contribution in [3.05, 3.63) is 23.8 Å². The molecule has 0 amide bonds. The average Bonchev–Trinajstić information content (AvgIpc) is 2.23. The smallest absolute Gasteiger partial charge is 0.0371 e. The fourth-order valence-electron chi connectivity index (χ4n) is 1.78. The van der Waals surface area contributed by atoms with Crippen molar-refractivity contribution in [3.63, 3.8) is 0 Å². The molecule has 1 aromatic carbocycles. The van der Waals surface area contributed by atoms with Crippen LogP contribution in [0.3, 0.4) is 0 Å². The van der Waals surface area contributed by atoms with Crippen molar-refractivity contribution < 1.29 is 0 Å². The number of nitrogens with two attached hydrogens (primary N) is 1. The molecule has 3 heteroatoms. The molecule has 3 nitrogen and oxygen atoms in total. The number of hydrogen-bond acceptors (Lipinski definition) is 3. The largest absolute Gasteiger partial charge is 0.399 e. The van der Waals surface area contributed by atoms with Gasteiger partial charge in [0.2, 0.25) is 0 Å². The van der Waals surface area contributed by atoms with Crippen LogP contribution in [-0.4, -0.2) is 26.2 Å². The standard InChI is InChI=1S/C11H17N3/c1-9-8-10(2-3-11(9)12)14-6-4-13-5-7-14/h2-3,8,13H,4-7,12H2,1H3. The maximum absolute atomic E-state index is 5.79. The normalized spacial score (nSPS) is 17.1. The number of nitrogens with zero attached hydrogens (tertiary/aromatic N) is 1. The second-order valence-electron chi connectivity index (χ2n) is 3.78. The number of benzene rings is 1. The molecule has 0 aromatic heterocycles. The number of rotatable bonds is 1. The fourth-order valence-corrected chi connectivity index (χ4v) is 1.78. The summed E-state index contributed by atoms with van der Waals surface area (Å²) in [5, 5.41) is 3.34. The third kappa shape index (κ3) is 1.82. The highest BCUT2D eigenvalue weighted by atomic mass is 15.2. The van der Waals surface area contributed by atoms with Crippen molar-refractivity contribution >= 4 is 11.4 Å². The summed E-state index contributed by atoms with van der Waals surface area (Å²) in [6.45, 7) is 6.38. The summed E-state index contributed by atoms with van der Waals surface area (Å²) in [4.78, 5) is 2.39. The molecule has 0 saturated carbocycles. The van der Waals surface area contributed by atoms with E-state index in [1.54, 1.807) is 0 Å². The summed E-state index contributed by atoms with van der Waals surface area (Å²) in [6.07, 6.45) is 0. The Morgan fingerprint density at radius 3 is 2.64 bits per heavy atom. The zero-order chi connectivity index (χ0) is 9.97. The predicted octanol–water partition coefficient (Wildman–Crippen LogP) is 0.987. The Morgan fingerprint density at radius 2 is 2.00 bits per heavy atom. The first-order valence-electron chi connectivity index (χ1n) is 5.09. The summed E-state index contributed by atoms with van der Waals surface area (Å²) in [5.74, 6) is 0. The highest BCUT2D eigenvalue weighted by Gasteiger charge is 2.10. The number of aryl methyl sites for hydroxylation is 1. The highest BCUT2D eigenvalue weighted by molar-refractivity contribution is 5.58. The number of nitrogen functional groups attached to an aromatic ring is 1. The molecule has 14 heavy (non-hydrogen) atoms. The minimum absolute atomic E-state index is 0.879. The lowest BCUT2D eigenvalue weighted by molar-refractivity contribution is 0.589. The van der Waals surface area contributed by atoms with E-state index >= 15 is 0 Å². The van der Waals surface area contributed by atoms with Gasteiger partial charge in [-0.25, -0.2) is 0 Å². The Kier molecular flexibility index (Phi) is 2.59. The molecular weight excluding hydrogens is 174 g/mol. The van der Waals surface area contributed by atoms with Gasteiger partial charge in [0, 0.05) is 37.6 Å². The SMILES string of the molecule is Cc1cc(N2CCNCC2)ccc1N. The Bertz CT molecular complexity index is 316. The van der Waals surface area contributed by atoms with Crippen LogP contribution >= 0.6 is 0 Å². The first-order chi connectivity index (χ1) is 6.77. The molecule has 1 fully saturated rings. The van der Waals surface area contributed by atoms with E-state index in [4.69, 9.17) is 5.73 Å². The van der Waals surface area contributed by atoms with Gasteiger partial charge in [-0.3, -0.25) is 0 Å². The van der Waals surface area contributed by atoms with E-state index in [2.05, 4.69) is 29.3 Å². The molecule has 1 aliphatic rings. The Hall–Kier alpha value is -1.22. The van der Waals surface area contributed by atoms with Gasteiger partial charge < -0.3 is 16.0 Å². The van der Waals surface area contributed by atoms with E-state index in [9.17, 15) is 0 Å². The third-order valence-electron chi connectivity index (χ3n) is 2.74. The minimum Gasteiger partial charge on any atom is -0.399 e. The van der Waals surface area contributed by atoms with Crippen molar-refractivity contribution in [1.29, 1.82) is 0 Å². The van der Waals surface area contributed by atoms with Gasteiger partial charge in [-0.1, -0.05) is 0 Å². The second-order valence-corrected chi connectivity index (χ2v) is 3.78. The Morgan fingerprint density at radius 1 is 1.29 bits per heavy atom. The fraction of sp³-hybridized carbons (Fsp3) is 0.455. The van der Waals surface area contributed by atoms with Crippen LogP contribution in [-0.2, 0) is 0 Å². The Labute approximate surface area is 84.9 Å². The van der Waals surface area contributed by atoms with Crippen LogP contribution in [0.15, 0.2) is 18.2 Å². The van der Waals surface area contributed by atoms with Crippen molar-refractivity contribution in [1.82, 2.24) is 5.32 Å². The zero-order valence-electron chi connectivity index (χ0n) is 8.59. The van der Waals surface area contributed by atoms with E-state index in [0.717, 1.165) is 31.9 Å². The van der Waals surface area contributed by atoms with Crippen LogP contribution in [0.25, 0.3) is 0 Å². The van der Waals surface area contributed by atoms with E-state index in [-0.39, 0.29) is 0 Å². The summed E-state index contributed by atoms with van der Waals surface area (Å²) in [6, 6.07) is 6.26. The van der Waals surface area contributed by atoms with Crippen molar-refractivity contribution in [3.8, 4) is 0 Å². The summed E-state index contributed by atoms with van der Waals surface area (Å²) < 4.78 is 0. The topological polar surface area (TPSA) is 41.3 Å². The van der Waals surface area contributed by atoms with Gasteiger partial charge in [-0.05, 0) is 30.7 Å². The predicted molar refractivity (Wildman–Crippen MR) is 60.7 cm³/mol. The quantitative estimate of drug-likeness (QED) is 0.650. The van der Waals surface area contributed by atoms with E-state index < -0.39 is 0 Å². The highest BCUT2D eigenvalue weighted by Crippen LogP contribution is 2.20. The molecule has 76 valence electrons. The van der Waals surface area contributed by atoms with Gasteiger partial charge in [-0.15, -0.1) is 0 Å². The Balaban J connectivity index is 2.18. The van der Waals surface area contributed by atoms with Crippen molar-refractivity contribution in [2.24, 2.45) is 0 Å². The molecule has 3 N–H and O–H groups in total. The molecule has 0 bridgehead atoms. The molecule has 1 heterocycles. The molecule has 1 aliphatic heterocycles. The molecule has 1 saturated heterocycles. The maximum atomic E-state index is 5.79. The molecule has 0 atom stereocenters. The summed E-state index contributed by atoms with van der Waals surface area (Å²) in [5.41, 5.74) is 9.12. The van der Waals surface area contributed by atoms with Gasteiger partial charge in [0.05, 0.1) is 0 Å². The van der Waals surface area contributed by atoms with Crippen molar-refractivity contribution in [2.75, 3.05) is 36.8 Å². The van der Waals surface area contributed by atoms with Crippen molar-refractivity contribution in [2.45, 2.75) is 6.92 Å². The zero-order valence-corrected chi connectivity index (χ0v) is 8.59. The summed E-state index contributed by atoms with van der Waals surface area (Å²) >= 11 is 0. The van der Waals surface area contributed by atoms with Gasteiger partial charge in [0.1, 0.15) is 0 Å². The van der Waals surface area contributed by atoms with Gasteiger partial charge in [-0.2, -0.15) is 0 Å². The summed E-state index contributed by atoms with van der Waals surface area (Å²) in [7, 11) is 0. The molecule has 0 radical (unpaired) electrons. The van der Waals surface area contributed by atoms with E-state index in [1.807, 2.05) is 6.07 Å². The minimum atomic E-state index is 0.879. The van der Waals surface area contributed by atoms with Crippen LogP contribution in [0, 0.1) is 6.92 Å². The van der Waals surface area contributed by atoms with Gasteiger partial charge in [0.15, 0.2) is 0 Å². The monoisotopic (exact) mass is 191 g/mol. The lowest BCUT2D eigenvalue weighted by atomic mass is 10.1. The van der Waals surface area contributed by atoms with Gasteiger partial charge >= 0.3 is 0 Å². The molecule has 2 rings (SSSR count). The molecule has 0 spiro atoms. The van der Waals surface area contributed by atoms with Crippen LogP contribution in [0.5, 0.6) is 0 Å². The molecular formula is C11H17N3. The van der Waals surface area contributed by atoms with Crippen LogP contribution in [0.4, 0.5) is 11.4 Å². The maximum Gasteiger partial charge on any atom is 0.0371 e. The number of nitrogens with one attached hydrogen (secondary N) is 1. The van der Waals surface area contributed by atoms with Crippen LogP contribution < -0.4 is 16.0 Å². The number of piperazine rings is 1. The number of anilines is 2. The lowest BCUT2D eigenvalue weighted by Crippen LogP contribution is -2.43. The average molecular weight is 191 g/mol. The van der Waals surface area contributed by atoms with Gasteiger partial charge in [0.25, 0.3) is 0 Å². The first-order valence-corrected chi connectivity index (χ1v) is 5.09. The second kappa shape index (κ2) is 3.88. The molecule has 1 aromatic rings. The van der Waals surface area contributed by atoms with E-state index in [1.165, 1.54) is 11.3 Å². The van der Waals surface area contributed by atoms with Crippen LogP contribution in [0.1, 0.15) is 5.56 Å². The molecule has 0 aliphatic carbocycles.